The van der Waals surface area contributed by atoms with Crippen molar-refractivity contribution >= 4 is 33.3 Å². The summed E-state index contributed by atoms with van der Waals surface area (Å²) in [4.78, 5) is 17.9. The van der Waals surface area contributed by atoms with Gasteiger partial charge in [0.05, 0.1) is 35.7 Å². The highest BCUT2D eigenvalue weighted by atomic mass is 32.1. The van der Waals surface area contributed by atoms with E-state index in [9.17, 15) is 4.79 Å². The number of benzene rings is 2. The maximum absolute atomic E-state index is 13.1. The molecule has 0 fully saturated rings. The Morgan fingerprint density at radius 3 is 2.59 bits per heavy atom. The average Bonchev–Trinajstić information content (AvgIpc) is 3.39. The lowest BCUT2D eigenvalue weighted by atomic mass is 9.92. The van der Waals surface area contributed by atoms with Gasteiger partial charge < -0.3 is 14.8 Å². The van der Waals surface area contributed by atoms with Crippen LogP contribution in [0.2, 0.25) is 0 Å². The van der Waals surface area contributed by atoms with Crippen molar-refractivity contribution < 1.29 is 14.3 Å². The highest BCUT2D eigenvalue weighted by molar-refractivity contribution is 7.20. The number of aryl methyl sites for hydroxylation is 3. The van der Waals surface area contributed by atoms with Crippen LogP contribution in [0.15, 0.2) is 36.4 Å². The van der Waals surface area contributed by atoms with Crippen molar-refractivity contribution in [3.8, 4) is 16.6 Å². The van der Waals surface area contributed by atoms with Gasteiger partial charge in [-0.1, -0.05) is 11.3 Å². The highest BCUT2D eigenvalue weighted by Gasteiger charge is 2.19. The predicted molar refractivity (Wildman–Crippen MR) is 126 cm³/mol. The lowest BCUT2D eigenvalue weighted by molar-refractivity contribution is 0.102. The van der Waals surface area contributed by atoms with Crippen LogP contribution >= 0.6 is 11.3 Å². The Labute approximate surface area is 190 Å². The third-order valence-corrected chi connectivity index (χ3v) is 6.74. The summed E-state index contributed by atoms with van der Waals surface area (Å²) < 4.78 is 13.5. The van der Waals surface area contributed by atoms with Gasteiger partial charge in [-0.25, -0.2) is 4.98 Å². The van der Waals surface area contributed by atoms with E-state index in [0.29, 0.717) is 22.9 Å². The number of carbonyl (C=O) groups excluding carboxylic acids is 1. The van der Waals surface area contributed by atoms with E-state index in [2.05, 4.69) is 22.5 Å². The van der Waals surface area contributed by atoms with Gasteiger partial charge in [-0.05, 0) is 74.1 Å². The first-order valence-corrected chi connectivity index (χ1v) is 11.4. The summed E-state index contributed by atoms with van der Waals surface area (Å²) in [5.41, 5.74) is 4.97. The molecule has 2 aromatic heterocycles. The van der Waals surface area contributed by atoms with E-state index >= 15 is 0 Å². The van der Waals surface area contributed by atoms with Crippen LogP contribution in [0.5, 0.6) is 11.5 Å². The molecule has 0 spiro atoms. The standard InChI is InChI=1S/C24H24N4O3S/c1-14-10-22(26-23(29)18-13-17(30-2)8-9-20(18)31-3)28(27-14)24-25-19-11-15-6-4-5-7-16(15)12-21(19)32-24/h8-13H,4-7H2,1-3H3,(H,26,29). The number of nitrogens with zero attached hydrogens (tertiary/aromatic N) is 3. The third-order valence-electron chi connectivity index (χ3n) is 5.75. The first-order valence-electron chi connectivity index (χ1n) is 10.6. The molecule has 0 aliphatic heterocycles. The number of methoxy groups -OCH3 is 2. The molecular weight excluding hydrogens is 424 g/mol. The van der Waals surface area contributed by atoms with Crippen molar-refractivity contribution in [2.24, 2.45) is 0 Å². The molecule has 1 aliphatic rings. The van der Waals surface area contributed by atoms with Gasteiger partial charge in [0.1, 0.15) is 17.3 Å². The number of rotatable bonds is 5. The maximum atomic E-state index is 13.1. The number of thiazole rings is 1. The van der Waals surface area contributed by atoms with Gasteiger partial charge in [-0.3, -0.25) is 4.79 Å². The van der Waals surface area contributed by atoms with Crippen LogP contribution in [0.1, 0.15) is 40.0 Å². The summed E-state index contributed by atoms with van der Waals surface area (Å²) in [7, 11) is 3.10. The molecule has 0 saturated carbocycles. The zero-order valence-corrected chi connectivity index (χ0v) is 19.1. The minimum Gasteiger partial charge on any atom is -0.497 e. The van der Waals surface area contributed by atoms with E-state index in [1.54, 1.807) is 41.3 Å². The van der Waals surface area contributed by atoms with Gasteiger partial charge in [0.2, 0.25) is 5.13 Å². The van der Waals surface area contributed by atoms with Crippen LogP contribution < -0.4 is 14.8 Å². The van der Waals surface area contributed by atoms with E-state index in [1.807, 2.05) is 13.0 Å². The zero-order chi connectivity index (χ0) is 22.2. The summed E-state index contributed by atoms with van der Waals surface area (Å²) in [6.45, 7) is 1.89. The van der Waals surface area contributed by atoms with E-state index in [0.717, 1.165) is 33.9 Å². The second-order valence-electron chi connectivity index (χ2n) is 7.90. The molecule has 5 rings (SSSR count). The van der Waals surface area contributed by atoms with Crippen molar-refractivity contribution in [2.45, 2.75) is 32.6 Å². The smallest absolute Gasteiger partial charge is 0.260 e. The Morgan fingerprint density at radius 2 is 1.84 bits per heavy atom. The van der Waals surface area contributed by atoms with Crippen molar-refractivity contribution in [1.82, 2.24) is 14.8 Å². The number of fused-ring (bicyclic) bond motifs is 2. The number of carbonyl (C=O) groups is 1. The Kier molecular flexibility index (Phi) is 5.30. The summed E-state index contributed by atoms with van der Waals surface area (Å²) in [5, 5.41) is 8.28. The van der Waals surface area contributed by atoms with E-state index in [1.165, 1.54) is 31.1 Å². The third kappa shape index (κ3) is 3.71. The van der Waals surface area contributed by atoms with Crippen LogP contribution in [0, 0.1) is 6.92 Å². The monoisotopic (exact) mass is 448 g/mol. The molecule has 1 N–H and O–H groups in total. The molecule has 1 amide bonds. The van der Waals surface area contributed by atoms with Gasteiger partial charge in [0.25, 0.3) is 5.91 Å². The fourth-order valence-electron chi connectivity index (χ4n) is 4.14. The number of anilines is 1. The Morgan fingerprint density at radius 1 is 1.06 bits per heavy atom. The highest BCUT2D eigenvalue weighted by Crippen LogP contribution is 2.33. The molecular formula is C24H24N4O3S. The molecule has 0 radical (unpaired) electrons. The average molecular weight is 449 g/mol. The number of hydrogen-bond donors (Lipinski definition) is 1. The van der Waals surface area contributed by atoms with Gasteiger partial charge >= 0.3 is 0 Å². The lowest BCUT2D eigenvalue weighted by Crippen LogP contribution is -2.16. The molecule has 0 atom stereocenters. The second kappa shape index (κ2) is 8.27. The van der Waals surface area contributed by atoms with Crippen molar-refractivity contribution in [3.63, 3.8) is 0 Å². The van der Waals surface area contributed by atoms with E-state index in [-0.39, 0.29) is 5.91 Å². The number of amides is 1. The molecule has 2 aromatic carbocycles. The van der Waals surface area contributed by atoms with Crippen LogP contribution in [-0.2, 0) is 12.8 Å². The van der Waals surface area contributed by atoms with Crippen LogP contribution in [0.3, 0.4) is 0 Å². The summed E-state index contributed by atoms with van der Waals surface area (Å²) in [5.74, 6) is 1.30. The van der Waals surface area contributed by atoms with Gasteiger partial charge in [-0.15, -0.1) is 0 Å². The van der Waals surface area contributed by atoms with Crippen molar-refractivity contribution in [1.29, 1.82) is 0 Å². The molecule has 0 saturated heterocycles. The molecule has 7 nitrogen and oxygen atoms in total. The van der Waals surface area contributed by atoms with Crippen LogP contribution in [-0.4, -0.2) is 34.9 Å². The molecule has 1 aliphatic carbocycles. The Balaban J connectivity index is 1.50. The molecule has 2 heterocycles. The van der Waals surface area contributed by atoms with Crippen LogP contribution in [0.25, 0.3) is 15.3 Å². The van der Waals surface area contributed by atoms with Gasteiger partial charge in [0.15, 0.2) is 0 Å². The number of nitrogens with one attached hydrogen (secondary N) is 1. The molecule has 8 heteroatoms. The van der Waals surface area contributed by atoms with Gasteiger partial charge in [-0.2, -0.15) is 9.78 Å². The van der Waals surface area contributed by atoms with Crippen molar-refractivity contribution in [3.05, 3.63) is 58.8 Å². The molecule has 32 heavy (non-hydrogen) atoms. The summed E-state index contributed by atoms with van der Waals surface area (Å²) in [6.07, 6.45) is 4.72. The minimum absolute atomic E-state index is 0.307. The molecule has 0 bridgehead atoms. The quantitative estimate of drug-likeness (QED) is 0.468. The normalized spacial score (nSPS) is 13.1. The largest absolute Gasteiger partial charge is 0.497 e. The van der Waals surface area contributed by atoms with Gasteiger partial charge in [0, 0.05) is 6.07 Å². The SMILES string of the molecule is COc1ccc(OC)c(C(=O)Nc2cc(C)nn2-c2nc3cc4c(cc3s2)CCCC4)c1. The number of ether oxygens (including phenoxy) is 2. The fourth-order valence-corrected chi connectivity index (χ4v) is 5.12. The second-order valence-corrected chi connectivity index (χ2v) is 8.90. The summed E-state index contributed by atoms with van der Waals surface area (Å²) >= 11 is 1.58. The van der Waals surface area contributed by atoms with Crippen LogP contribution in [0.4, 0.5) is 5.82 Å². The Hall–Kier alpha value is -3.39. The Bertz CT molecular complexity index is 1280. The van der Waals surface area contributed by atoms with Crippen molar-refractivity contribution in [2.75, 3.05) is 19.5 Å². The van der Waals surface area contributed by atoms with E-state index < -0.39 is 0 Å². The topological polar surface area (TPSA) is 78.3 Å². The minimum atomic E-state index is -0.307. The maximum Gasteiger partial charge on any atom is 0.260 e. The first-order chi connectivity index (χ1) is 15.6. The van der Waals surface area contributed by atoms with E-state index in [4.69, 9.17) is 14.5 Å². The summed E-state index contributed by atoms with van der Waals surface area (Å²) in [6, 6.07) is 11.4. The molecule has 0 unspecified atom stereocenters. The molecule has 4 aromatic rings. The lowest BCUT2D eigenvalue weighted by Gasteiger charge is -2.14. The molecule has 164 valence electrons. The predicted octanol–water partition coefficient (Wildman–Crippen LogP) is 4.94. The zero-order valence-electron chi connectivity index (χ0n) is 18.3. The fraction of sp³-hybridized carbons (Fsp3) is 0.292. The number of aromatic nitrogens is 3. The first kappa shape index (κ1) is 20.5. The number of hydrogen-bond acceptors (Lipinski definition) is 6.